The van der Waals surface area contributed by atoms with Gasteiger partial charge in [-0.3, -0.25) is 4.79 Å². The zero-order valence-electron chi connectivity index (χ0n) is 12.0. The van der Waals surface area contributed by atoms with Crippen LogP contribution >= 0.6 is 11.3 Å². The van der Waals surface area contributed by atoms with Gasteiger partial charge in [-0.05, 0) is 45.4 Å². The molecule has 5 nitrogen and oxygen atoms in total. The molecule has 0 saturated heterocycles. The van der Waals surface area contributed by atoms with E-state index in [1.807, 2.05) is 6.92 Å². The van der Waals surface area contributed by atoms with Crippen LogP contribution in [0.1, 0.15) is 53.0 Å². The molecule has 0 aliphatic heterocycles. The summed E-state index contributed by atoms with van der Waals surface area (Å²) in [6.45, 7) is 5.72. The number of hydrogen-bond donors (Lipinski definition) is 2. The Morgan fingerprint density at radius 3 is 2.40 bits per heavy atom. The second-order valence-corrected chi connectivity index (χ2v) is 6.87. The van der Waals surface area contributed by atoms with E-state index in [1.54, 1.807) is 6.92 Å². The van der Waals surface area contributed by atoms with Crippen LogP contribution in [-0.2, 0) is 4.79 Å². The zero-order valence-corrected chi connectivity index (χ0v) is 12.8. The number of nitrogens with zero attached hydrogens (tertiary/aromatic N) is 1. The monoisotopic (exact) mass is 296 g/mol. The topological polar surface area (TPSA) is 79.3 Å². The van der Waals surface area contributed by atoms with Crippen molar-refractivity contribution in [3.8, 4) is 0 Å². The molecule has 1 aromatic rings. The van der Waals surface area contributed by atoms with Gasteiger partial charge < -0.3 is 10.4 Å². The fourth-order valence-corrected chi connectivity index (χ4v) is 3.48. The van der Waals surface area contributed by atoms with Gasteiger partial charge in [0.15, 0.2) is 0 Å². The standard InChI is InChI=1S/C14H20N2O3S/c1-8-4-6-14(7-5-8,13(18)19)16-12(17)11-9(2)15-10(3)20-11/h8H,4-7H2,1-3H3,(H,16,17)(H,18,19). The summed E-state index contributed by atoms with van der Waals surface area (Å²) in [7, 11) is 0. The molecule has 0 aromatic carbocycles. The highest BCUT2D eigenvalue weighted by atomic mass is 32.1. The van der Waals surface area contributed by atoms with Crippen molar-refractivity contribution in [1.82, 2.24) is 10.3 Å². The summed E-state index contributed by atoms with van der Waals surface area (Å²) >= 11 is 1.31. The van der Waals surface area contributed by atoms with Gasteiger partial charge in [-0.1, -0.05) is 6.92 Å². The maximum atomic E-state index is 12.3. The summed E-state index contributed by atoms with van der Waals surface area (Å²) in [6, 6.07) is 0. The molecule has 1 aromatic heterocycles. The summed E-state index contributed by atoms with van der Waals surface area (Å²) in [5, 5.41) is 13.1. The van der Waals surface area contributed by atoms with Crippen LogP contribution in [0.2, 0.25) is 0 Å². The number of aromatic nitrogens is 1. The largest absolute Gasteiger partial charge is 0.480 e. The highest BCUT2D eigenvalue weighted by molar-refractivity contribution is 7.13. The molecule has 110 valence electrons. The third kappa shape index (κ3) is 2.85. The van der Waals surface area contributed by atoms with Gasteiger partial charge in [-0.15, -0.1) is 11.3 Å². The SMILES string of the molecule is Cc1nc(C)c(C(=O)NC2(C(=O)O)CCC(C)CC2)s1. The van der Waals surface area contributed by atoms with E-state index in [2.05, 4.69) is 17.2 Å². The van der Waals surface area contributed by atoms with Gasteiger partial charge in [0.25, 0.3) is 5.91 Å². The van der Waals surface area contributed by atoms with Crippen LogP contribution in [0.5, 0.6) is 0 Å². The smallest absolute Gasteiger partial charge is 0.329 e. The summed E-state index contributed by atoms with van der Waals surface area (Å²) in [4.78, 5) is 28.7. The number of carbonyl (C=O) groups excluding carboxylic acids is 1. The second kappa shape index (κ2) is 5.52. The van der Waals surface area contributed by atoms with Gasteiger partial charge in [0.2, 0.25) is 0 Å². The Morgan fingerprint density at radius 1 is 1.35 bits per heavy atom. The zero-order chi connectivity index (χ0) is 14.9. The minimum absolute atomic E-state index is 0.315. The molecule has 2 N–H and O–H groups in total. The fraction of sp³-hybridized carbons (Fsp3) is 0.643. The van der Waals surface area contributed by atoms with E-state index in [0.717, 1.165) is 17.8 Å². The van der Waals surface area contributed by atoms with E-state index < -0.39 is 11.5 Å². The molecule has 2 rings (SSSR count). The number of amides is 1. The molecule has 0 atom stereocenters. The van der Waals surface area contributed by atoms with Crippen molar-refractivity contribution in [1.29, 1.82) is 0 Å². The summed E-state index contributed by atoms with van der Waals surface area (Å²) in [5.41, 5.74) is -0.455. The van der Waals surface area contributed by atoms with E-state index in [9.17, 15) is 14.7 Å². The Balaban J connectivity index is 2.19. The Kier molecular flexibility index (Phi) is 4.13. The van der Waals surface area contributed by atoms with Gasteiger partial charge >= 0.3 is 5.97 Å². The van der Waals surface area contributed by atoms with E-state index in [-0.39, 0.29) is 5.91 Å². The predicted octanol–water partition coefficient (Wildman–Crippen LogP) is 2.52. The molecule has 1 fully saturated rings. The molecular weight excluding hydrogens is 276 g/mol. The number of carbonyl (C=O) groups is 2. The number of aliphatic carboxylic acids is 1. The van der Waals surface area contributed by atoms with Gasteiger partial charge in [-0.2, -0.15) is 0 Å². The molecule has 1 amide bonds. The van der Waals surface area contributed by atoms with Crippen LogP contribution in [0.4, 0.5) is 0 Å². The summed E-state index contributed by atoms with van der Waals surface area (Å²) in [5.74, 6) is -0.728. The van der Waals surface area contributed by atoms with E-state index in [0.29, 0.717) is 29.3 Å². The Hall–Kier alpha value is -1.43. The second-order valence-electron chi connectivity index (χ2n) is 5.67. The molecule has 1 saturated carbocycles. The number of carboxylic acid groups (broad SMARTS) is 1. The average Bonchev–Trinajstić information content (AvgIpc) is 2.71. The highest BCUT2D eigenvalue weighted by Crippen LogP contribution is 2.33. The van der Waals surface area contributed by atoms with Gasteiger partial charge in [0.1, 0.15) is 10.4 Å². The minimum Gasteiger partial charge on any atom is -0.480 e. The molecule has 6 heteroatoms. The van der Waals surface area contributed by atoms with E-state index in [4.69, 9.17) is 0 Å². The Bertz CT molecular complexity index is 531. The molecule has 1 aliphatic carbocycles. The summed E-state index contributed by atoms with van der Waals surface area (Å²) < 4.78 is 0. The summed E-state index contributed by atoms with van der Waals surface area (Å²) in [6.07, 6.45) is 2.64. The molecule has 0 radical (unpaired) electrons. The van der Waals surface area contributed by atoms with Gasteiger partial charge in [0, 0.05) is 0 Å². The first-order chi connectivity index (χ1) is 9.34. The van der Waals surface area contributed by atoms with Crippen LogP contribution in [0.3, 0.4) is 0 Å². The maximum absolute atomic E-state index is 12.3. The average molecular weight is 296 g/mol. The van der Waals surface area contributed by atoms with Gasteiger partial charge in [-0.25, -0.2) is 9.78 Å². The lowest BCUT2D eigenvalue weighted by Crippen LogP contribution is -2.56. The number of carboxylic acids is 1. The predicted molar refractivity (Wildman–Crippen MR) is 77.1 cm³/mol. The molecule has 0 spiro atoms. The molecule has 20 heavy (non-hydrogen) atoms. The molecule has 0 unspecified atom stereocenters. The van der Waals surface area contributed by atoms with Crippen molar-refractivity contribution in [2.45, 2.75) is 52.0 Å². The Morgan fingerprint density at radius 2 is 1.95 bits per heavy atom. The normalized spacial score (nSPS) is 26.2. The van der Waals surface area contributed by atoms with Crippen LogP contribution in [0, 0.1) is 19.8 Å². The van der Waals surface area contributed by atoms with Crippen molar-refractivity contribution in [2.24, 2.45) is 5.92 Å². The van der Waals surface area contributed by atoms with Crippen LogP contribution in [0.15, 0.2) is 0 Å². The minimum atomic E-state index is -1.12. The Labute approximate surface area is 122 Å². The van der Waals surface area contributed by atoms with Crippen LogP contribution in [0.25, 0.3) is 0 Å². The lowest BCUT2D eigenvalue weighted by molar-refractivity contribution is -0.146. The molecule has 1 heterocycles. The molecule has 1 aliphatic rings. The molecular formula is C14H20N2O3S. The van der Waals surface area contributed by atoms with Crippen molar-refractivity contribution < 1.29 is 14.7 Å². The molecule has 0 bridgehead atoms. The third-order valence-electron chi connectivity index (χ3n) is 4.00. The van der Waals surface area contributed by atoms with Crippen molar-refractivity contribution >= 4 is 23.2 Å². The first-order valence-corrected chi connectivity index (χ1v) is 7.65. The lowest BCUT2D eigenvalue weighted by Gasteiger charge is -2.36. The lowest BCUT2D eigenvalue weighted by atomic mass is 9.77. The fourth-order valence-electron chi connectivity index (χ4n) is 2.66. The number of aryl methyl sites for hydroxylation is 2. The van der Waals surface area contributed by atoms with Gasteiger partial charge in [0.05, 0.1) is 10.7 Å². The number of thiazole rings is 1. The number of hydrogen-bond acceptors (Lipinski definition) is 4. The number of nitrogens with one attached hydrogen (secondary N) is 1. The number of rotatable bonds is 3. The quantitative estimate of drug-likeness (QED) is 0.898. The first kappa shape index (κ1) is 15.0. The van der Waals surface area contributed by atoms with Crippen molar-refractivity contribution in [3.05, 3.63) is 15.6 Å². The maximum Gasteiger partial charge on any atom is 0.329 e. The van der Waals surface area contributed by atoms with Crippen molar-refractivity contribution in [2.75, 3.05) is 0 Å². The third-order valence-corrected chi connectivity index (χ3v) is 5.07. The van der Waals surface area contributed by atoms with Crippen LogP contribution < -0.4 is 5.32 Å². The highest BCUT2D eigenvalue weighted by Gasteiger charge is 2.43. The first-order valence-electron chi connectivity index (χ1n) is 6.84. The van der Waals surface area contributed by atoms with Crippen LogP contribution in [-0.4, -0.2) is 27.5 Å². The van der Waals surface area contributed by atoms with E-state index in [1.165, 1.54) is 11.3 Å². The van der Waals surface area contributed by atoms with E-state index >= 15 is 0 Å². The van der Waals surface area contributed by atoms with Crippen molar-refractivity contribution in [3.63, 3.8) is 0 Å².